The number of rotatable bonds is 3. The first kappa shape index (κ1) is 13.4. The largest absolute Gasteiger partial charge is 0.344 e. The zero-order chi connectivity index (χ0) is 15.0. The quantitative estimate of drug-likeness (QED) is 0.672. The summed E-state index contributed by atoms with van der Waals surface area (Å²) in [5.41, 5.74) is 2.34. The maximum absolute atomic E-state index is 11.7. The normalized spacial score (nSPS) is 18.1. The lowest BCUT2D eigenvalue weighted by Crippen LogP contribution is -2.22. The molecule has 5 nitrogen and oxygen atoms in total. The van der Waals surface area contributed by atoms with E-state index in [1.54, 1.807) is 6.08 Å². The predicted octanol–water partition coefficient (Wildman–Crippen LogP) is 2.79. The molecule has 1 saturated heterocycles. The lowest BCUT2D eigenvalue weighted by Gasteiger charge is -2.12. The Morgan fingerprint density at radius 3 is 2.67 bits per heavy atom. The highest BCUT2D eigenvalue weighted by Crippen LogP contribution is 2.27. The van der Waals surface area contributed by atoms with Crippen molar-refractivity contribution in [3.8, 4) is 0 Å². The van der Waals surface area contributed by atoms with Gasteiger partial charge in [0.05, 0.1) is 0 Å². The molecule has 0 bridgehead atoms. The van der Waals surface area contributed by atoms with Gasteiger partial charge in [-0.3, -0.25) is 10.1 Å². The summed E-state index contributed by atoms with van der Waals surface area (Å²) in [6, 6.07) is 7.96. The molecule has 1 aliphatic rings. The van der Waals surface area contributed by atoms with E-state index < -0.39 is 6.03 Å². The Morgan fingerprint density at radius 1 is 1.24 bits per heavy atom. The Morgan fingerprint density at radius 2 is 2.00 bits per heavy atom. The van der Waals surface area contributed by atoms with Gasteiger partial charge in [0, 0.05) is 28.7 Å². The summed E-state index contributed by atoms with van der Waals surface area (Å²) in [4.78, 5) is 22.8. The van der Waals surface area contributed by atoms with Crippen molar-refractivity contribution in [2.24, 2.45) is 0 Å². The number of fused-ring (bicyclic) bond motifs is 1. The number of amides is 3. The molecule has 0 spiro atoms. The molecule has 108 valence electrons. The molecule has 21 heavy (non-hydrogen) atoms. The second-order valence-corrected chi connectivity index (χ2v) is 5.23. The van der Waals surface area contributed by atoms with Gasteiger partial charge in [-0.2, -0.15) is 0 Å². The van der Waals surface area contributed by atoms with Gasteiger partial charge in [-0.25, -0.2) is 4.79 Å². The molecule has 0 saturated carbocycles. The van der Waals surface area contributed by atoms with Crippen molar-refractivity contribution in [1.82, 2.24) is 15.2 Å². The number of hydrogen-bond acceptors (Lipinski definition) is 2. The van der Waals surface area contributed by atoms with Crippen LogP contribution in [0.25, 0.3) is 17.0 Å². The van der Waals surface area contributed by atoms with Crippen LogP contribution in [0.3, 0.4) is 0 Å². The van der Waals surface area contributed by atoms with Crippen molar-refractivity contribution in [2.75, 3.05) is 0 Å². The number of nitrogens with one attached hydrogen (secondary N) is 2. The molecule has 1 fully saturated rings. The van der Waals surface area contributed by atoms with Crippen LogP contribution in [0.5, 0.6) is 0 Å². The van der Waals surface area contributed by atoms with E-state index in [0.717, 1.165) is 22.9 Å². The van der Waals surface area contributed by atoms with Gasteiger partial charge in [-0.1, -0.05) is 25.1 Å². The van der Waals surface area contributed by atoms with Crippen molar-refractivity contribution in [3.05, 3.63) is 41.7 Å². The second kappa shape index (κ2) is 5.09. The summed E-state index contributed by atoms with van der Waals surface area (Å²) in [7, 11) is 0. The topological polar surface area (TPSA) is 63.1 Å². The fourth-order valence-corrected chi connectivity index (χ4v) is 2.55. The zero-order valence-electron chi connectivity index (χ0n) is 12.0. The first-order valence-corrected chi connectivity index (χ1v) is 7.03. The summed E-state index contributed by atoms with van der Waals surface area (Å²) in [5.74, 6) is -0.389. The average Bonchev–Trinajstić information content (AvgIpc) is 2.99. The number of urea groups is 1. The third-order valence-corrected chi connectivity index (χ3v) is 3.86. The van der Waals surface area contributed by atoms with Crippen molar-refractivity contribution < 1.29 is 9.59 Å². The van der Waals surface area contributed by atoms with Crippen LogP contribution in [0.4, 0.5) is 4.79 Å². The van der Waals surface area contributed by atoms with Gasteiger partial charge in [-0.15, -0.1) is 0 Å². The van der Waals surface area contributed by atoms with Crippen molar-refractivity contribution in [2.45, 2.75) is 26.3 Å². The molecule has 1 aromatic heterocycles. The molecular formula is C16H17N3O2. The van der Waals surface area contributed by atoms with Crippen molar-refractivity contribution in [1.29, 1.82) is 0 Å². The van der Waals surface area contributed by atoms with Gasteiger partial charge in [0.2, 0.25) is 0 Å². The van der Waals surface area contributed by atoms with Gasteiger partial charge in [0.1, 0.15) is 5.70 Å². The molecule has 0 radical (unpaired) electrons. The van der Waals surface area contributed by atoms with E-state index in [1.807, 2.05) is 24.4 Å². The molecule has 3 amide bonds. The van der Waals surface area contributed by atoms with Gasteiger partial charge in [0.25, 0.3) is 5.91 Å². The average molecular weight is 283 g/mol. The third kappa shape index (κ3) is 2.31. The number of benzene rings is 1. The Hall–Kier alpha value is -2.56. The first-order valence-electron chi connectivity index (χ1n) is 7.03. The fourth-order valence-electron chi connectivity index (χ4n) is 2.55. The Balaban J connectivity index is 2.13. The molecule has 1 atom stereocenters. The second-order valence-electron chi connectivity index (χ2n) is 5.23. The first-order chi connectivity index (χ1) is 10.1. The summed E-state index contributed by atoms with van der Waals surface area (Å²) < 4.78 is 2.20. The molecule has 1 aromatic carbocycles. The summed E-state index contributed by atoms with van der Waals surface area (Å²) >= 11 is 0. The Bertz CT molecular complexity index is 758. The molecule has 2 aromatic rings. The standard InChI is InChI=1S/C16H17N3O2/c1-3-10(2)19-9-11(12-6-4-5-7-14(12)19)8-13-15(20)18-16(21)17-13/h4-10H,3H2,1-2H3,(H2,17,18,20,21)/b13-8-/t10-/m0/s1. The highest BCUT2D eigenvalue weighted by Gasteiger charge is 2.23. The van der Waals surface area contributed by atoms with Gasteiger partial charge < -0.3 is 9.88 Å². The minimum Gasteiger partial charge on any atom is -0.344 e. The molecule has 2 N–H and O–H groups in total. The Kier molecular flexibility index (Phi) is 3.25. The summed E-state index contributed by atoms with van der Waals surface area (Å²) in [6.07, 6.45) is 4.77. The number of nitrogens with zero attached hydrogens (tertiary/aromatic N) is 1. The maximum atomic E-state index is 11.7. The highest BCUT2D eigenvalue weighted by atomic mass is 16.2. The van der Waals surface area contributed by atoms with E-state index >= 15 is 0 Å². The lowest BCUT2D eigenvalue weighted by molar-refractivity contribution is -0.115. The molecular weight excluding hydrogens is 266 g/mol. The zero-order valence-corrected chi connectivity index (χ0v) is 12.0. The van der Waals surface area contributed by atoms with E-state index in [4.69, 9.17) is 0 Å². The number of imide groups is 1. The van der Waals surface area contributed by atoms with Crippen LogP contribution in [0, 0.1) is 0 Å². The Labute approximate surface area is 122 Å². The van der Waals surface area contributed by atoms with Crippen molar-refractivity contribution in [3.63, 3.8) is 0 Å². The molecule has 0 unspecified atom stereocenters. The minimum atomic E-state index is -0.475. The van der Waals surface area contributed by atoms with Crippen LogP contribution in [0.15, 0.2) is 36.2 Å². The number of aromatic nitrogens is 1. The van der Waals surface area contributed by atoms with Crippen molar-refractivity contribution >= 4 is 28.9 Å². The van der Waals surface area contributed by atoms with Gasteiger partial charge >= 0.3 is 6.03 Å². The van der Waals surface area contributed by atoms with Crippen LogP contribution >= 0.6 is 0 Å². The number of carbonyl (C=O) groups excluding carboxylic acids is 2. The molecule has 1 aliphatic heterocycles. The molecule has 0 aliphatic carbocycles. The number of para-hydroxylation sites is 1. The third-order valence-electron chi connectivity index (χ3n) is 3.86. The van der Waals surface area contributed by atoms with Crippen LogP contribution in [-0.4, -0.2) is 16.5 Å². The monoisotopic (exact) mass is 283 g/mol. The van der Waals surface area contributed by atoms with Crippen LogP contribution in [0.2, 0.25) is 0 Å². The molecule has 3 rings (SSSR count). The molecule has 2 heterocycles. The van der Waals surface area contributed by atoms with E-state index in [9.17, 15) is 9.59 Å². The molecule has 5 heteroatoms. The summed E-state index contributed by atoms with van der Waals surface area (Å²) in [5, 5.41) is 5.80. The SMILES string of the molecule is CC[C@H](C)n1cc(/C=C2\NC(=O)NC2=O)c2ccccc21. The van der Waals surface area contributed by atoms with Crippen LogP contribution in [-0.2, 0) is 4.79 Å². The van der Waals surface area contributed by atoms with Gasteiger partial charge in [0.15, 0.2) is 0 Å². The number of hydrogen-bond donors (Lipinski definition) is 2. The van der Waals surface area contributed by atoms with E-state index in [0.29, 0.717) is 6.04 Å². The maximum Gasteiger partial charge on any atom is 0.326 e. The highest BCUT2D eigenvalue weighted by molar-refractivity contribution is 6.14. The van der Waals surface area contributed by atoms with Gasteiger partial charge in [-0.05, 0) is 25.5 Å². The fraction of sp³-hybridized carbons (Fsp3) is 0.250. The van der Waals surface area contributed by atoms with Crippen LogP contribution in [0.1, 0.15) is 31.9 Å². The minimum absolute atomic E-state index is 0.284. The van der Waals surface area contributed by atoms with E-state index in [1.165, 1.54) is 0 Å². The predicted molar refractivity (Wildman–Crippen MR) is 81.6 cm³/mol. The van der Waals surface area contributed by atoms with E-state index in [-0.39, 0.29) is 11.6 Å². The van der Waals surface area contributed by atoms with E-state index in [2.05, 4.69) is 35.1 Å². The summed E-state index contributed by atoms with van der Waals surface area (Å²) in [6.45, 7) is 4.30. The number of carbonyl (C=O) groups is 2. The van der Waals surface area contributed by atoms with Crippen LogP contribution < -0.4 is 10.6 Å². The lowest BCUT2D eigenvalue weighted by atomic mass is 10.1. The smallest absolute Gasteiger partial charge is 0.326 e.